The van der Waals surface area contributed by atoms with Gasteiger partial charge in [0, 0.05) is 6.61 Å². The Kier molecular flexibility index (Phi) is 16.4. The van der Waals surface area contributed by atoms with Crippen LogP contribution < -0.4 is 14.2 Å². The van der Waals surface area contributed by atoms with Crippen molar-refractivity contribution in [2.24, 2.45) is 5.41 Å². The van der Waals surface area contributed by atoms with Gasteiger partial charge < -0.3 is 33.4 Å². The van der Waals surface area contributed by atoms with E-state index in [1.54, 1.807) is 21.3 Å². The van der Waals surface area contributed by atoms with Crippen LogP contribution in [0, 0.1) is 5.41 Å². The lowest BCUT2D eigenvalue weighted by molar-refractivity contribution is -0.921. The first-order valence-electron chi connectivity index (χ1n) is 15.9. The third-order valence-corrected chi connectivity index (χ3v) is 9.02. The van der Waals surface area contributed by atoms with Crippen molar-refractivity contribution in [1.29, 1.82) is 0 Å². The van der Waals surface area contributed by atoms with Crippen LogP contribution in [0.4, 0.5) is 0 Å². The summed E-state index contributed by atoms with van der Waals surface area (Å²) in [7, 11) is 3.25. The van der Waals surface area contributed by atoms with Crippen LogP contribution in [0.15, 0.2) is 72.8 Å². The first-order chi connectivity index (χ1) is 21.2. The molecule has 0 bridgehead atoms. The van der Waals surface area contributed by atoms with Crippen LogP contribution in [0.1, 0.15) is 57.2 Å². The highest BCUT2D eigenvalue weighted by Gasteiger charge is 2.31. The third kappa shape index (κ3) is 12.2. The first-order valence-corrected chi connectivity index (χ1v) is 15.9. The molecule has 0 saturated carbocycles. The Morgan fingerprint density at radius 2 is 0.886 bits per heavy atom. The zero-order valence-corrected chi connectivity index (χ0v) is 28.1. The van der Waals surface area contributed by atoms with E-state index in [2.05, 4.69) is 64.1 Å². The van der Waals surface area contributed by atoms with Gasteiger partial charge in [0.1, 0.15) is 17.2 Å². The summed E-state index contributed by atoms with van der Waals surface area (Å²) in [5, 5.41) is 18.3. The maximum atomic E-state index is 9.13. The molecule has 3 aromatic carbocycles. The normalized spacial score (nSPS) is 11.4. The SMILES string of the molecule is CC[N+](CC)(CC)CC.COc1ccc(CC(CCCOB(O)O)(Cc2ccc(OC)cc2)Cc2ccc(OC)cc2)cc1. The zero-order valence-electron chi connectivity index (χ0n) is 28.1. The second kappa shape index (κ2) is 19.4. The van der Waals surface area contributed by atoms with E-state index < -0.39 is 7.32 Å². The van der Waals surface area contributed by atoms with Crippen LogP contribution in [0.3, 0.4) is 0 Å². The van der Waals surface area contributed by atoms with Gasteiger partial charge in [-0.1, -0.05) is 36.4 Å². The highest BCUT2D eigenvalue weighted by molar-refractivity contribution is 6.32. The Morgan fingerprint density at radius 3 is 1.11 bits per heavy atom. The summed E-state index contributed by atoms with van der Waals surface area (Å²) in [5.41, 5.74) is 3.52. The highest BCUT2D eigenvalue weighted by Crippen LogP contribution is 2.38. The molecule has 0 amide bonds. The maximum absolute atomic E-state index is 9.13. The molecule has 242 valence electrons. The molecule has 0 heterocycles. The van der Waals surface area contributed by atoms with Crippen LogP contribution in [0.2, 0.25) is 0 Å². The smallest absolute Gasteiger partial charge is 0.497 e. The molecule has 3 aromatic rings. The van der Waals surface area contributed by atoms with E-state index in [0.29, 0.717) is 6.42 Å². The minimum atomic E-state index is -1.76. The van der Waals surface area contributed by atoms with Crippen molar-refractivity contribution in [2.45, 2.75) is 59.8 Å². The maximum Gasteiger partial charge on any atom is 0.633 e. The van der Waals surface area contributed by atoms with Crippen LogP contribution in [0.5, 0.6) is 17.2 Å². The van der Waals surface area contributed by atoms with Gasteiger partial charge in [0.25, 0.3) is 0 Å². The van der Waals surface area contributed by atoms with Gasteiger partial charge in [0.15, 0.2) is 0 Å². The van der Waals surface area contributed by atoms with Crippen molar-refractivity contribution in [3.8, 4) is 17.2 Å². The summed E-state index contributed by atoms with van der Waals surface area (Å²) in [6.45, 7) is 14.5. The lowest BCUT2D eigenvalue weighted by Gasteiger charge is -2.35. The zero-order chi connectivity index (χ0) is 32.4. The number of rotatable bonds is 18. The quantitative estimate of drug-likeness (QED) is 0.0993. The first kappa shape index (κ1) is 37.2. The minimum absolute atomic E-state index is 0.137. The number of hydrogen-bond acceptors (Lipinski definition) is 6. The Balaban J connectivity index is 0.000000651. The largest absolute Gasteiger partial charge is 0.633 e. The number of ether oxygens (including phenoxy) is 3. The molecular formula is C36H55BNO6+. The highest BCUT2D eigenvalue weighted by atomic mass is 16.6. The summed E-state index contributed by atoms with van der Waals surface area (Å²) in [5.74, 6) is 2.49. The molecule has 0 aliphatic rings. The van der Waals surface area contributed by atoms with E-state index in [1.165, 1.54) is 47.4 Å². The molecule has 2 N–H and O–H groups in total. The predicted molar refractivity (Wildman–Crippen MR) is 180 cm³/mol. The van der Waals surface area contributed by atoms with Crippen LogP contribution in [-0.4, -0.2) is 76.0 Å². The van der Waals surface area contributed by atoms with E-state index in [9.17, 15) is 0 Å². The van der Waals surface area contributed by atoms with Gasteiger partial charge in [-0.3, -0.25) is 0 Å². The van der Waals surface area contributed by atoms with Gasteiger partial charge in [0.05, 0.1) is 47.5 Å². The Labute approximate surface area is 266 Å². The Morgan fingerprint density at radius 1 is 0.568 bits per heavy atom. The molecule has 0 fully saturated rings. The number of hydrogen-bond donors (Lipinski definition) is 2. The Hall–Kier alpha value is -3.04. The van der Waals surface area contributed by atoms with Gasteiger partial charge in [0.2, 0.25) is 0 Å². The standard InChI is InChI=1S/C28H35BO6.C8H20N/c1-32-25-11-5-22(6-12-25)19-28(17-4-18-35-29(30)31,20-23-7-13-26(33-2)14-8-23)21-24-9-15-27(34-3)16-10-24;1-5-9(6-2,7-3)8-4/h5-16,30-31H,4,17-21H2,1-3H3;5-8H2,1-4H3/q;+1. The second-order valence-corrected chi connectivity index (χ2v) is 11.5. The van der Waals surface area contributed by atoms with E-state index in [0.717, 1.165) is 42.9 Å². The lowest BCUT2D eigenvalue weighted by atomic mass is 9.69. The molecule has 8 heteroatoms. The predicted octanol–water partition coefficient (Wildman–Crippen LogP) is 6.38. The van der Waals surface area contributed by atoms with Crippen LogP contribution in [-0.2, 0) is 23.9 Å². The number of methoxy groups -OCH3 is 3. The second-order valence-electron chi connectivity index (χ2n) is 11.5. The molecule has 0 spiro atoms. The summed E-state index contributed by atoms with van der Waals surface area (Å²) in [6, 6.07) is 24.6. The molecule has 0 aromatic heterocycles. The van der Waals surface area contributed by atoms with Crippen molar-refractivity contribution < 1.29 is 33.4 Å². The summed E-state index contributed by atoms with van der Waals surface area (Å²) >= 11 is 0. The topological polar surface area (TPSA) is 77.4 Å². The summed E-state index contributed by atoms with van der Waals surface area (Å²) in [6.07, 6.45) is 4.06. The molecule has 0 atom stereocenters. The molecule has 0 aliphatic carbocycles. The summed E-state index contributed by atoms with van der Waals surface area (Å²) in [4.78, 5) is 0. The average molecular weight is 609 g/mol. The van der Waals surface area contributed by atoms with E-state index in [4.69, 9.17) is 28.9 Å². The lowest BCUT2D eigenvalue weighted by Crippen LogP contribution is -2.47. The van der Waals surface area contributed by atoms with Crippen molar-refractivity contribution in [1.82, 2.24) is 0 Å². The average Bonchev–Trinajstić information content (AvgIpc) is 3.06. The van der Waals surface area contributed by atoms with Crippen LogP contribution >= 0.6 is 0 Å². The fourth-order valence-corrected chi connectivity index (χ4v) is 5.96. The molecule has 7 nitrogen and oxygen atoms in total. The minimum Gasteiger partial charge on any atom is -0.497 e. The van der Waals surface area contributed by atoms with Gasteiger partial charge in [-0.15, -0.1) is 0 Å². The molecule has 3 rings (SSSR count). The monoisotopic (exact) mass is 608 g/mol. The molecule has 0 radical (unpaired) electrons. The summed E-state index contributed by atoms with van der Waals surface area (Å²) < 4.78 is 22.4. The fraction of sp³-hybridized carbons (Fsp3) is 0.500. The molecule has 0 unspecified atom stereocenters. The van der Waals surface area contributed by atoms with Crippen molar-refractivity contribution >= 4 is 7.32 Å². The van der Waals surface area contributed by atoms with E-state index in [-0.39, 0.29) is 12.0 Å². The fourth-order valence-electron chi connectivity index (χ4n) is 5.96. The van der Waals surface area contributed by atoms with Gasteiger partial charge in [-0.05, 0) is 118 Å². The van der Waals surface area contributed by atoms with Gasteiger partial charge in [-0.2, -0.15) is 0 Å². The van der Waals surface area contributed by atoms with Gasteiger partial charge >= 0.3 is 7.32 Å². The van der Waals surface area contributed by atoms with Crippen molar-refractivity contribution in [3.05, 3.63) is 89.5 Å². The van der Waals surface area contributed by atoms with Gasteiger partial charge in [-0.25, -0.2) is 0 Å². The molecule has 0 saturated heterocycles. The van der Waals surface area contributed by atoms with Crippen molar-refractivity contribution in [3.63, 3.8) is 0 Å². The molecule has 44 heavy (non-hydrogen) atoms. The number of quaternary nitrogens is 1. The van der Waals surface area contributed by atoms with Crippen molar-refractivity contribution in [2.75, 3.05) is 54.1 Å². The van der Waals surface area contributed by atoms with E-state index in [1.807, 2.05) is 36.4 Å². The van der Waals surface area contributed by atoms with E-state index >= 15 is 0 Å². The third-order valence-electron chi connectivity index (χ3n) is 9.02. The number of nitrogens with zero attached hydrogens (tertiary/aromatic N) is 1. The molecule has 0 aliphatic heterocycles. The molecular weight excluding hydrogens is 553 g/mol. The Bertz CT molecular complexity index is 1030. The van der Waals surface area contributed by atoms with Crippen LogP contribution in [0.25, 0.3) is 0 Å². The number of benzene rings is 3.